The Balaban J connectivity index is 1.44. The molecule has 0 spiro atoms. The molecule has 2 heteroatoms. The van der Waals surface area contributed by atoms with E-state index in [1.807, 2.05) is 0 Å². The molecule has 0 amide bonds. The summed E-state index contributed by atoms with van der Waals surface area (Å²) >= 11 is 0. The van der Waals surface area contributed by atoms with Crippen LogP contribution >= 0.6 is 0 Å². The average Bonchev–Trinajstić information content (AvgIpc) is 2.67. The lowest BCUT2D eigenvalue weighted by Crippen LogP contribution is -2.54. The Hall–Kier alpha value is -0.0800. The first-order valence-electron chi connectivity index (χ1n) is 9.19. The van der Waals surface area contributed by atoms with E-state index in [-0.39, 0.29) is 0 Å². The lowest BCUT2D eigenvalue weighted by Gasteiger charge is -2.43. The van der Waals surface area contributed by atoms with E-state index in [9.17, 15) is 0 Å². The zero-order valence-corrected chi connectivity index (χ0v) is 13.4. The van der Waals surface area contributed by atoms with Crippen LogP contribution in [-0.2, 0) is 0 Å². The first-order valence-corrected chi connectivity index (χ1v) is 9.19. The van der Waals surface area contributed by atoms with Gasteiger partial charge in [-0.05, 0) is 76.0 Å². The van der Waals surface area contributed by atoms with Gasteiger partial charge in [0.05, 0.1) is 0 Å². The normalized spacial score (nSPS) is 46.0. The molecule has 3 saturated carbocycles. The first-order chi connectivity index (χ1) is 9.70. The molecule has 4 rings (SSSR count). The largest absolute Gasteiger partial charge is 0.298 e. The van der Waals surface area contributed by atoms with Crippen LogP contribution in [0.2, 0.25) is 0 Å². The van der Waals surface area contributed by atoms with Crippen molar-refractivity contribution in [2.75, 3.05) is 26.2 Å². The van der Waals surface area contributed by atoms with E-state index >= 15 is 0 Å². The van der Waals surface area contributed by atoms with Crippen LogP contribution in [0.1, 0.15) is 52.4 Å². The summed E-state index contributed by atoms with van der Waals surface area (Å²) in [6, 6.07) is 1.68. The molecular weight excluding hydrogens is 244 g/mol. The van der Waals surface area contributed by atoms with Gasteiger partial charge in [0.1, 0.15) is 0 Å². The lowest BCUT2D eigenvalue weighted by atomic mass is 9.80. The Bertz CT molecular complexity index is 345. The second-order valence-electron chi connectivity index (χ2n) is 8.41. The van der Waals surface area contributed by atoms with Crippen LogP contribution in [0, 0.1) is 23.7 Å². The van der Waals surface area contributed by atoms with Crippen LogP contribution < -0.4 is 0 Å². The van der Waals surface area contributed by atoms with E-state index in [0.29, 0.717) is 0 Å². The Morgan fingerprint density at radius 2 is 1.55 bits per heavy atom. The van der Waals surface area contributed by atoms with Gasteiger partial charge < -0.3 is 0 Å². The van der Waals surface area contributed by atoms with Crippen molar-refractivity contribution in [3.8, 4) is 0 Å². The SMILES string of the molecule is CC(C)N1CCN(C2CCC3CC4CC(C3)C2C4)CC1. The molecule has 0 N–H and O–H groups in total. The predicted molar refractivity (Wildman–Crippen MR) is 83.7 cm³/mol. The zero-order chi connectivity index (χ0) is 13.7. The quantitative estimate of drug-likeness (QED) is 0.764. The maximum atomic E-state index is 2.90. The van der Waals surface area contributed by atoms with Gasteiger partial charge in [-0.3, -0.25) is 9.80 Å². The highest BCUT2D eigenvalue weighted by molar-refractivity contribution is 5.00. The number of hydrogen-bond donors (Lipinski definition) is 0. The molecule has 3 bridgehead atoms. The van der Waals surface area contributed by atoms with Gasteiger partial charge in [0.2, 0.25) is 0 Å². The Morgan fingerprint density at radius 3 is 2.30 bits per heavy atom. The molecule has 5 atom stereocenters. The maximum absolute atomic E-state index is 2.90. The topological polar surface area (TPSA) is 6.48 Å². The summed E-state index contributed by atoms with van der Waals surface area (Å²) in [5, 5.41) is 0. The van der Waals surface area contributed by atoms with Crippen LogP contribution in [0.5, 0.6) is 0 Å². The van der Waals surface area contributed by atoms with Crippen molar-refractivity contribution < 1.29 is 0 Å². The van der Waals surface area contributed by atoms with E-state index in [2.05, 4.69) is 23.6 Å². The molecule has 0 aromatic rings. The van der Waals surface area contributed by atoms with E-state index in [4.69, 9.17) is 0 Å². The van der Waals surface area contributed by atoms with Gasteiger partial charge in [0, 0.05) is 38.3 Å². The second kappa shape index (κ2) is 5.28. The molecule has 3 aliphatic carbocycles. The van der Waals surface area contributed by atoms with E-state index in [0.717, 1.165) is 35.8 Å². The smallest absolute Gasteiger partial charge is 0.0127 e. The van der Waals surface area contributed by atoms with E-state index < -0.39 is 0 Å². The number of rotatable bonds is 2. The zero-order valence-electron chi connectivity index (χ0n) is 13.4. The third-order valence-electron chi connectivity index (χ3n) is 7.06. The third-order valence-corrected chi connectivity index (χ3v) is 7.06. The van der Waals surface area contributed by atoms with Gasteiger partial charge >= 0.3 is 0 Å². The molecule has 1 aliphatic heterocycles. The van der Waals surface area contributed by atoms with Gasteiger partial charge in [-0.15, -0.1) is 0 Å². The Labute approximate surface area is 124 Å². The maximum Gasteiger partial charge on any atom is 0.0127 e. The average molecular weight is 276 g/mol. The summed E-state index contributed by atoms with van der Waals surface area (Å²) in [5.41, 5.74) is 0. The summed E-state index contributed by atoms with van der Waals surface area (Å²) in [5.74, 6) is 4.39. The van der Waals surface area contributed by atoms with Crippen molar-refractivity contribution in [3.63, 3.8) is 0 Å². The van der Waals surface area contributed by atoms with Crippen molar-refractivity contribution in [1.29, 1.82) is 0 Å². The van der Waals surface area contributed by atoms with Gasteiger partial charge in [-0.2, -0.15) is 0 Å². The summed E-state index contributed by atoms with van der Waals surface area (Å²) in [7, 11) is 0. The minimum atomic E-state index is 0.734. The minimum Gasteiger partial charge on any atom is -0.298 e. The van der Waals surface area contributed by atoms with E-state index in [1.54, 1.807) is 32.1 Å². The van der Waals surface area contributed by atoms with Crippen molar-refractivity contribution in [2.45, 2.75) is 64.5 Å². The molecule has 5 unspecified atom stereocenters. The van der Waals surface area contributed by atoms with E-state index in [1.165, 1.54) is 32.6 Å². The Morgan fingerprint density at radius 1 is 0.800 bits per heavy atom. The molecular formula is C18H32N2. The highest BCUT2D eigenvalue weighted by Gasteiger charge is 2.47. The summed E-state index contributed by atoms with van der Waals surface area (Å²) in [6.45, 7) is 9.98. The Kier molecular flexibility index (Phi) is 3.58. The minimum absolute atomic E-state index is 0.734. The van der Waals surface area contributed by atoms with Crippen molar-refractivity contribution in [1.82, 2.24) is 9.80 Å². The number of piperazine rings is 1. The van der Waals surface area contributed by atoms with Crippen LogP contribution in [-0.4, -0.2) is 48.1 Å². The lowest BCUT2D eigenvalue weighted by molar-refractivity contribution is 0.0457. The fraction of sp³-hybridized carbons (Fsp3) is 1.00. The van der Waals surface area contributed by atoms with Gasteiger partial charge in [-0.1, -0.05) is 0 Å². The highest BCUT2D eigenvalue weighted by Crippen LogP contribution is 2.54. The molecule has 20 heavy (non-hydrogen) atoms. The van der Waals surface area contributed by atoms with Crippen LogP contribution in [0.15, 0.2) is 0 Å². The summed E-state index contributed by atoms with van der Waals surface area (Å²) < 4.78 is 0. The monoisotopic (exact) mass is 276 g/mol. The third kappa shape index (κ3) is 2.33. The highest BCUT2D eigenvalue weighted by atomic mass is 15.3. The van der Waals surface area contributed by atoms with Gasteiger partial charge in [-0.25, -0.2) is 0 Å². The van der Waals surface area contributed by atoms with Crippen LogP contribution in [0.4, 0.5) is 0 Å². The molecule has 0 radical (unpaired) electrons. The standard InChI is InChI=1S/C18H32N2/c1-13(2)19-5-7-20(8-6-19)18-4-3-14-9-15-11-16(10-14)17(18)12-15/h13-18H,3-12H2,1-2H3. The predicted octanol–water partition coefficient (Wildman–Crippen LogP) is 3.23. The molecule has 0 aromatic carbocycles. The second-order valence-corrected chi connectivity index (χ2v) is 8.41. The van der Waals surface area contributed by atoms with Gasteiger partial charge in [0.15, 0.2) is 0 Å². The molecule has 4 fully saturated rings. The first kappa shape index (κ1) is 13.6. The number of fused-ring (bicyclic) bond motifs is 2. The van der Waals surface area contributed by atoms with Crippen LogP contribution in [0.3, 0.4) is 0 Å². The molecule has 2 nitrogen and oxygen atoms in total. The summed E-state index contributed by atoms with van der Waals surface area (Å²) in [6.07, 6.45) is 9.39. The molecule has 1 heterocycles. The molecule has 1 saturated heterocycles. The van der Waals surface area contributed by atoms with Crippen LogP contribution in [0.25, 0.3) is 0 Å². The fourth-order valence-electron chi connectivity index (χ4n) is 6.10. The molecule has 4 aliphatic rings. The molecule has 0 aromatic heterocycles. The van der Waals surface area contributed by atoms with Crippen molar-refractivity contribution in [3.05, 3.63) is 0 Å². The fourth-order valence-corrected chi connectivity index (χ4v) is 6.10. The molecule has 114 valence electrons. The van der Waals surface area contributed by atoms with Gasteiger partial charge in [0.25, 0.3) is 0 Å². The number of nitrogens with zero attached hydrogens (tertiary/aromatic N) is 2. The number of hydrogen-bond acceptors (Lipinski definition) is 2. The van der Waals surface area contributed by atoms with Crippen molar-refractivity contribution >= 4 is 0 Å². The summed E-state index contributed by atoms with van der Waals surface area (Å²) in [4.78, 5) is 5.56. The van der Waals surface area contributed by atoms with Crippen molar-refractivity contribution in [2.24, 2.45) is 23.7 Å².